The summed E-state index contributed by atoms with van der Waals surface area (Å²) in [6.07, 6.45) is 0. The number of nitrogens with zero attached hydrogens (tertiary/aromatic N) is 3. The van der Waals surface area contributed by atoms with Crippen LogP contribution in [-0.4, -0.2) is 20.7 Å². The molecule has 0 saturated heterocycles. The van der Waals surface area contributed by atoms with Crippen molar-refractivity contribution in [2.45, 2.75) is 37.4 Å². The molecule has 1 atom stereocenters. The lowest BCUT2D eigenvalue weighted by atomic mass is 9.94. The number of ether oxygens (including phenoxy) is 1. The minimum atomic E-state index is -0.606. The maximum absolute atomic E-state index is 14.3. The standard InChI is InChI=1S/C34H29ClFN5O2S/c1-21-7-5-10-27(17-21)38-32(42)30-22(2)37-33-39-34(44-20-25-8-3-4-12-29(25)36)40-41(33)31(30)24-9-6-11-28(18-24)43-19-23-13-15-26(35)16-14-23/h3-18,31H,19-20H2,1-2H3,(H,38,42)(H,37,39,40). The van der Waals surface area contributed by atoms with Crippen molar-refractivity contribution in [2.75, 3.05) is 10.6 Å². The molecule has 0 fully saturated rings. The summed E-state index contributed by atoms with van der Waals surface area (Å²) in [7, 11) is 0. The van der Waals surface area contributed by atoms with Crippen LogP contribution in [0.4, 0.5) is 16.0 Å². The van der Waals surface area contributed by atoms with Crippen LogP contribution in [0.15, 0.2) is 113 Å². The van der Waals surface area contributed by atoms with Gasteiger partial charge in [0, 0.05) is 22.2 Å². The zero-order valence-electron chi connectivity index (χ0n) is 24.1. The summed E-state index contributed by atoms with van der Waals surface area (Å²) in [5.41, 5.74) is 5.21. The number of hydrogen-bond donors (Lipinski definition) is 2. The summed E-state index contributed by atoms with van der Waals surface area (Å²) >= 11 is 7.36. The lowest BCUT2D eigenvalue weighted by Crippen LogP contribution is -2.31. The molecule has 0 aliphatic carbocycles. The summed E-state index contributed by atoms with van der Waals surface area (Å²) in [5.74, 6) is 0.955. The van der Waals surface area contributed by atoms with Gasteiger partial charge in [-0.2, -0.15) is 4.98 Å². The van der Waals surface area contributed by atoms with Crippen LogP contribution in [0.5, 0.6) is 5.75 Å². The zero-order chi connectivity index (χ0) is 30.6. The number of aromatic nitrogens is 3. The molecule has 44 heavy (non-hydrogen) atoms. The maximum atomic E-state index is 14.3. The van der Waals surface area contributed by atoms with Crippen molar-refractivity contribution < 1.29 is 13.9 Å². The van der Waals surface area contributed by atoms with E-state index in [0.29, 0.717) is 56.8 Å². The van der Waals surface area contributed by atoms with Crippen molar-refractivity contribution in [1.82, 2.24) is 14.8 Å². The Kier molecular flexibility index (Phi) is 8.67. The van der Waals surface area contributed by atoms with Gasteiger partial charge in [0.15, 0.2) is 0 Å². The maximum Gasteiger partial charge on any atom is 0.255 e. The van der Waals surface area contributed by atoms with Gasteiger partial charge in [0.2, 0.25) is 11.1 Å². The number of fused-ring (bicyclic) bond motifs is 1. The topological polar surface area (TPSA) is 81.1 Å². The molecular weight excluding hydrogens is 597 g/mol. The number of benzene rings is 4. The van der Waals surface area contributed by atoms with Crippen LogP contribution < -0.4 is 15.4 Å². The summed E-state index contributed by atoms with van der Waals surface area (Å²) in [6.45, 7) is 4.18. The van der Waals surface area contributed by atoms with E-state index in [1.807, 2.05) is 86.6 Å². The zero-order valence-corrected chi connectivity index (χ0v) is 25.6. The Morgan fingerprint density at radius 3 is 2.61 bits per heavy atom. The van der Waals surface area contributed by atoms with Crippen LogP contribution in [0.3, 0.4) is 0 Å². The quantitative estimate of drug-likeness (QED) is 0.161. The van der Waals surface area contributed by atoms with Crippen molar-refractivity contribution in [1.29, 1.82) is 0 Å². The predicted octanol–water partition coefficient (Wildman–Crippen LogP) is 8.18. The monoisotopic (exact) mass is 625 g/mol. The molecule has 0 saturated carbocycles. The van der Waals surface area contributed by atoms with Gasteiger partial charge in [0.25, 0.3) is 5.91 Å². The lowest BCUT2D eigenvalue weighted by Gasteiger charge is -2.29. The normalized spacial score (nSPS) is 14.1. The van der Waals surface area contributed by atoms with Gasteiger partial charge in [-0.3, -0.25) is 4.79 Å². The highest BCUT2D eigenvalue weighted by Crippen LogP contribution is 2.38. The molecule has 1 unspecified atom stereocenters. The van der Waals surface area contributed by atoms with Gasteiger partial charge in [-0.25, -0.2) is 9.07 Å². The van der Waals surface area contributed by atoms with Crippen LogP contribution >= 0.6 is 23.4 Å². The molecule has 2 heterocycles. The van der Waals surface area contributed by atoms with Gasteiger partial charge in [0.1, 0.15) is 24.2 Å². The molecule has 4 aromatic carbocycles. The molecule has 6 rings (SSSR count). The van der Waals surface area contributed by atoms with Crippen LogP contribution in [0.2, 0.25) is 5.02 Å². The first-order valence-electron chi connectivity index (χ1n) is 14.0. The fourth-order valence-corrected chi connectivity index (χ4v) is 5.94. The number of carbonyl (C=O) groups is 1. The van der Waals surface area contributed by atoms with Crippen molar-refractivity contribution >= 4 is 40.9 Å². The van der Waals surface area contributed by atoms with Crippen LogP contribution in [0, 0.1) is 12.7 Å². The fourth-order valence-electron chi connectivity index (χ4n) is 5.00. The Hall–Kier alpha value is -4.60. The van der Waals surface area contributed by atoms with Crippen molar-refractivity contribution in [3.05, 3.63) is 141 Å². The summed E-state index contributed by atoms with van der Waals surface area (Å²) < 4.78 is 22.1. The Balaban J connectivity index is 1.33. The lowest BCUT2D eigenvalue weighted by molar-refractivity contribution is -0.113. The van der Waals surface area contributed by atoms with Crippen molar-refractivity contribution in [3.63, 3.8) is 0 Å². The molecule has 2 N–H and O–H groups in total. The molecule has 1 aliphatic rings. The van der Waals surface area contributed by atoms with Gasteiger partial charge in [-0.1, -0.05) is 78.0 Å². The third-order valence-electron chi connectivity index (χ3n) is 7.16. The SMILES string of the molecule is CC1=C(C(=O)Nc2cccc(C)c2)C(c2cccc(OCc3ccc(Cl)cc3)c2)n2nc(SCc3ccccc3F)nc2N1. The second-order valence-electron chi connectivity index (χ2n) is 10.4. The number of amides is 1. The Morgan fingerprint density at radius 1 is 1.02 bits per heavy atom. The molecular formula is C34H29ClFN5O2S. The highest BCUT2D eigenvalue weighted by molar-refractivity contribution is 7.98. The number of halogens is 2. The van der Waals surface area contributed by atoms with E-state index in [9.17, 15) is 9.18 Å². The number of carbonyl (C=O) groups excluding carboxylic acids is 1. The van der Waals surface area contributed by atoms with E-state index in [-0.39, 0.29) is 11.7 Å². The van der Waals surface area contributed by atoms with Crippen LogP contribution in [0.25, 0.3) is 0 Å². The third kappa shape index (κ3) is 6.64. The smallest absolute Gasteiger partial charge is 0.255 e. The molecule has 222 valence electrons. The molecule has 1 amide bonds. The highest BCUT2D eigenvalue weighted by Gasteiger charge is 2.34. The number of allylic oxidation sites excluding steroid dienone is 1. The molecule has 1 aromatic heterocycles. The van der Waals surface area contributed by atoms with E-state index < -0.39 is 6.04 Å². The van der Waals surface area contributed by atoms with Gasteiger partial charge >= 0.3 is 0 Å². The van der Waals surface area contributed by atoms with E-state index in [2.05, 4.69) is 15.6 Å². The molecule has 0 radical (unpaired) electrons. The first kappa shape index (κ1) is 29.5. The van der Waals surface area contributed by atoms with Gasteiger partial charge in [-0.15, -0.1) is 5.10 Å². The van der Waals surface area contributed by atoms with Gasteiger partial charge < -0.3 is 15.4 Å². The summed E-state index contributed by atoms with van der Waals surface area (Å²) in [6, 6.07) is 28.8. The largest absolute Gasteiger partial charge is 0.489 e. The molecule has 0 bridgehead atoms. The van der Waals surface area contributed by atoms with Crippen molar-refractivity contribution in [2.24, 2.45) is 0 Å². The molecule has 1 aliphatic heterocycles. The average molecular weight is 626 g/mol. The minimum absolute atomic E-state index is 0.264. The van der Waals surface area contributed by atoms with Crippen LogP contribution in [-0.2, 0) is 17.2 Å². The number of aryl methyl sites for hydroxylation is 1. The number of thioether (sulfide) groups is 1. The molecule has 5 aromatic rings. The molecule has 10 heteroatoms. The Morgan fingerprint density at radius 2 is 1.82 bits per heavy atom. The number of anilines is 2. The summed E-state index contributed by atoms with van der Waals surface area (Å²) in [4.78, 5) is 18.6. The molecule has 7 nitrogen and oxygen atoms in total. The predicted molar refractivity (Wildman–Crippen MR) is 172 cm³/mol. The van der Waals surface area contributed by atoms with E-state index in [4.69, 9.17) is 21.4 Å². The van der Waals surface area contributed by atoms with Crippen molar-refractivity contribution in [3.8, 4) is 5.75 Å². The number of hydrogen-bond acceptors (Lipinski definition) is 6. The minimum Gasteiger partial charge on any atom is -0.489 e. The Labute approximate surface area is 264 Å². The second-order valence-corrected chi connectivity index (χ2v) is 11.8. The summed E-state index contributed by atoms with van der Waals surface area (Å²) in [5, 5.41) is 12.2. The highest BCUT2D eigenvalue weighted by atomic mass is 35.5. The second kappa shape index (κ2) is 13.0. The molecule has 0 spiro atoms. The number of nitrogens with one attached hydrogen (secondary N) is 2. The van der Waals surface area contributed by atoms with E-state index >= 15 is 0 Å². The fraction of sp³-hybridized carbons (Fsp3) is 0.147. The van der Waals surface area contributed by atoms with E-state index in [1.165, 1.54) is 17.8 Å². The van der Waals surface area contributed by atoms with Crippen LogP contribution in [0.1, 0.15) is 35.2 Å². The first-order chi connectivity index (χ1) is 21.3. The van der Waals surface area contributed by atoms with E-state index in [0.717, 1.165) is 16.7 Å². The van der Waals surface area contributed by atoms with Gasteiger partial charge in [0.05, 0.1) is 5.57 Å². The average Bonchev–Trinajstić information content (AvgIpc) is 3.42. The Bertz CT molecular complexity index is 1860. The third-order valence-corrected chi connectivity index (χ3v) is 8.30. The van der Waals surface area contributed by atoms with Gasteiger partial charge in [-0.05, 0) is 78.6 Å². The van der Waals surface area contributed by atoms with E-state index in [1.54, 1.807) is 22.9 Å². The number of rotatable bonds is 9. The first-order valence-corrected chi connectivity index (χ1v) is 15.4.